The molecule has 2 aromatic carbocycles. The Morgan fingerprint density at radius 1 is 0.926 bits per heavy atom. The number of allylic oxidation sites excluding steroid dienone is 2. The van der Waals surface area contributed by atoms with Crippen LogP contribution in [0.1, 0.15) is 15.9 Å². The van der Waals surface area contributed by atoms with Crippen molar-refractivity contribution in [2.24, 2.45) is 0 Å². The van der Waals surface area contributed by atoms with Crippen LogP contribution in [-0.4, -0.2) is 43.0 Å². The highest BCUT2D eigenvalue weighted by molar-refractivity contribution is 6.03. The van der Waals surface area contributed by atoms with Crippen LogP contribution in [0.15, 0.2) is 78.5 Å². The molecule has 27 heavy (non-hydrogen) atoms. The fourth-order valence-electron chi connectivity index (χ4n) is 2.71. The van der Waals surface area contributed by atoms with Crippen molar-refractivity contribution in [3.05, 3.63) is 89.6 Å². The topological polar surface area (TPSA) is 58.6 Å². The SMILES string of the molecule is O=C(N/C(=C/C=C\c1ccccc1)C(=O)N1CCOCC1)c1ccccc1. The summed E-state index contributed by atoms with van der Waals surface area (Å²) in [6.45, 7) is 2.04. The van der Waals surface area contributed by atoms with Gasteiger partial charge < -0.3 is 15.0 Å². The maximum absolute atomic E-state index is 12.9. The maximum Gasteiger partial charge on any atom is 0.270 e. The summed E-state index contributed by atoms with van der Waals surface area (Å²) in [5, 5.41) is 2.76. The van der Waals surface area contributed by atoms with Crippen LogP contribution in [0.2, 0.25) is 0 Å². The summed E-state index contributed by atoms with van der Waals surface area (Å²) in [5.41, 5.74) is 1.77. The number of hydrogen-bond donors (Lipinski definition) is 1. The Balaban J connectivity index is 1.79. The Bertz CT molecular complexity index is 823. The van der Waals surface area contributed by atoms with Crippen LogP contribution in [-0.2, 0) is 9.53 Å². The number of morpholine rings is 1. The largest absolute Gasteiger partial charge is 0.378 e. The number of carbonyl (C=O) groups excluding carboxylic acids is 2. The minimum atomic E-state index is -0.309. The Labute approximate surface area is 158 Å². The standard InChI is InChI=1S/C22H22N2O3/c25-21(19-11-5-2-6-12-19)23-20(22(26)24-14-16-27-17-15-24)13-7-10-18-8-3-1-4-9-18/h1-13H,14-17H2,(H,23,25)/b10-7-,20-13+. The van der Waals surface area contributed by atoms with Gasteiger partial charge in [0.1, 0.15) is 5.70 Å². The molecule has 0 bridgehead atoms. The van der Waals surface area contributed by atoms with E-state index < -0.39 is 0 Å². The first kappa shape index (κ1) is 18.6. The molecule has 0 aromatic heterocycles. The average Bonchev–Trinajstić information content (AvgIpc) is 2.74. The molecule has 1 fully saturated rings. The number of nitrogens with zero attached hydrogens (tertiary/aromatic N) is 1. The Morgan fingerprint density at radius 3 is 2.22 bits per heavy atom. The number of nitrogens with one attached hydrogen (secondary N) is 1. The van der Waals surface area contributed by atoms with E-state index in [1.54, 1.807) is 41.3 Å². The van der Waals surface area contributed by atoms with Crippen molar-refractivity contribution in [2.45, 2.75) is 0 Å². The molecule has 0 atom stereocenters. The van der Waals surface area contributed by atoms with E-state index in [1.165, 1.54) is 0 Å². The van der Waals surface area contributed by atoms with Gasteiger partial charge in [-0.15, -0.1) is 0 Å². The van der Waals surface area contributed by atoms with Gasteiger partial charge in [0, 0.05) is 18.7 Å². The van der Waals surface area contributed by atoms with Crippen LogP contribution in [0, 0.1) is 0 Å². The van der Waals surface area contributed by atoms with Crippen molar-refractivity contribution in [3.63, 3.8) is 0 Å². The van der Waals surface area contributed by atoms with Gasteiger partial charge in [-0.25, -0.2) is 0 Å². The Morgan fingerprint density at radius 2 is 1.56 bits per heavy atom. The second-order valence-electron chi connectivity index (χ2n) is 6.07. The van der Waals surface area contributed by atoms with Crippen LogP contribution in [0.3, 0.4) is 0 Å². The lowest BCUT2D eigenvalue weighted by atomic mass is 10.2. The number of ether oxygens (including phenoxy) is 1. The zero-order valence-corrected chi connectivity index (χ0v) is 15.0. The molecule has 0 saturated carbocycles. The predicted molar refractivity (Wildman–Crippen MR) is 105 cm³/mol. The number of benzene rings is 2. The molecule has 2 amide bonds. The van der Waals surface area contributed by atoms with Crippen LogP contribution < -0.4 is 5.32 Å². The van der Waals surface area contributed by atoms with E-state index in [0.29, 0.717) is 31.9 Å². The summed E-state index contributed by atoms with van der Waals surface area (Å²) in [6, 6.07) is 18.6. The van der Waals surface area contributed by atoms with E-state index in [9.17, 15) is 9.59 Å². The van der Waals surface area contributed by atoms with Gasteiger partial charge in [-0.1, -0.05) is 60.7 Å². The van der Waals surface area contributed by atoms with Crippen LogP contribution in [0.4, 0.5) is 0 Å². The third-order valence-electron chi connectivity index (χ3n) is 4.16. The fourth-order valence-corrected chi connectivity index (χ4v) is 2.71. The summed E-state index contributed by atoms with van der Waals surface area (Å²) >= 11 is 0. The molecule has 3 rings (SSSR count). The van der Waals surface area contributed by atoms with Crippen molar-refractivity contribution < 1.29 is 14.3 Å². The summed E-state index contributed by atoms with van der Waals surface area (Å²) in [4.78, 5) is 27.1. The van der Waals surface area contributed by atoms with Gasteiger partial charge in [0.25, 0.3) is 11.8 Å². The lowest BCUT2D eigenvalue weighted by Crippen LogP contribution is -2.44. The highest BCUT2D eigenvalue weighted by Gasteiger charge is 2.22. The first-order valence-corrected chi connectivity index (χ1v) is 8.91. The molecule has 0 radical (unpaired) electrons. The zero-order valence-electron chi connectivity index (χ0n) is 15.0. The summed E-state index contributed by atoms with van der Waals surface area (Å²) in [5.74, 6) is -0.517. The minimum Gasteiger partial charge on any atom is -0.378 e. The van der Waals surface area contributed by atoms with E-state index in [1.807, 2.05) is 42.5 Å². The number of rotatable bonds is 5. The van der Waals surface area contributed by atoms with Crippen LogP contribution in [0.5, 0.6) is 0 Å². The van der Waals surface area contributed by atoms with Crippen molar-refractivity contribution in [3.8, 4) is 0 Å². The van der Waals surface area contributed by atoms with Gasteiger partial charge in [-0.05, 0) is 23.8 Å². The number of carbonyl (C=O) groups is 2. The van der Waals surface area contributed by atoms with Gasteiger partial charge in [-0.2, -0.15) is 0 Å². The predicted octanol–water partition coefficient (Wildman–Crippen LogP) is 2.87. The second-order valence-corrected chi connectivity index (χ2v) is 6.07. The Kier molecular flexibility index (Phi) is 6.55. The lowest BCUT2D eigenvalue weighted by molar-refractivity contribution is -0.131. The first-order chi connectivity index (χ1) is 13.2. The third kappa shape index (κ3) is 5.39. The molecule has 1 heterocycles. The van der Waals surface area contributed by atoms with E-state index in [-0.39, 0.29) is 17.5 Å². The molecule has 1 saturated heterocycles. The molecule has 1 aliphatic rings. The molecule has 1 N–H and O–H groups in total. The molecule has 0 aliphatic carbocycles. The molecule has 0 unspecified atom stereocenters. The van der Waals surface area contributed by atoms with Crippen molar-refractivity contribution in [1.29, 1.82) is 0 Å². The molecule has 138 valence electrons. The molecular weight excluding hydrogens is 340 g/mol. The van der Waals surface area contributed by atoms with Crippen molar-refractivity contribution >= 4 is 17.9 Å². The zero-order chi connectivity index (χ0) is 18.9. The van der Waals surface area contributed by atoms with Gasteiger partial charge >= 0.3 is 0 Å². The third-order valence-corrected chi connectivity index (χ3v) is 4.16. The highest BCUT2D eigenvalue weighted by Crippen LogP contribution is 2.08. The van der Waals surface area contributed by atoms with E-state index in [2.05, 4.69) is 5.32 Å². The second kappa shape index (κ2) is 9.50. The fraction of sp³-hybridized carbons (Fsp3) is 0.182. The average molecular weight is 362 g/mol. The van der Waals surface area contributed by atoms with Gasteiger partial charge in [0.15, 0.2) is 0 Å². The first-order valence-electron chi connectivity index (χ1n) is 8.91. The van der Waals surface area contributed by atoms with E-state index in [0.717, 1.165) is 5.56 Å². The number of hydrogen-bond acceptors (Lipinski definition) is 3. The molecular formula is C22H22N2O3. The number of amides is 2. The summed E-state index contributed by atoms with van der Waals surface area (Å²) in [6.07, 6.45) is 5.31. The normalized spacial score (nSPS) is 15.0. The monoisotopic (exact) mass is 362 g/mol. The summed E-state index contributed by atoms with van der Waals surface area (Å²) < 4.78 is 5.30. The molecule has 2 aromatic rings. The Hall–Kier alpha value is -3.18. The molecule has 5 nitrogen and oxygen atoms in total. The molecule has 1 aliphatic heterocycles. The van der Waals surface area contributed by atoms with E-state index in [4.69, 9.17) is 4.74 Å². The van der Waals surface area contributed by atoms with Crippen LogP contribution >= 0.6 is 0 Å². The van der Waals surface area contributed by atoms with Gasteiger partial charge in [-0.3, -0.25) is 9.59 Å². The highest BCUT2D eigenvalue weighted by atomic mass is 16.5. The maximum atomic E-state index is 12.9. The van der Waals surface area contributed by atoms with Gasteiger partial charge in [0.2, 0.25) is 0 Å². The molecule has 5 heteroatoms. The van der Waals surface area contributed by atoms with Gasteiger partial charge in [0.05, 0.1) is 13.2 Å². The smallest absolute Gasteiger partial charge is 0.270 e. The lowest BCUT2D eigenvalue weighted by Gasteiger charge is -2.27. The molecule has 0 spiro atoms. The van der Waals surface area contributed by atoms with E-state index >= 15 is 0 Å². The quantitative estimate of drug-likeness (QED) is 0.657. The van der Waals surface area contributed by atoms with Crippen LogP contribution in [0.25, 0.3) is 6.08 Å². The summed E-state index contributed by atoms with van der Waals surface area (Å²) in [7, 11) is 0. The minimum absolute atomic E-state index is 0.208. The van der Waals surface area contributed by atoms with Crippen molar-refractivity contribution in [2.75, 3.05) is 26.3 Å². The van der Waals surface area contributed by atoms with Crippen molar-refractivity contribution in [1.82, 2.24) is 10.2 Å².